The molecule has 1 fully saturated rings. The summed E-state index contributed by atoms with van der Waals surface area (Å²) in [5.41, 5.74) is 1.59. The number of carbonyl (C=O) groups is 2. The Kier molecular flexibility index (Phi) is 7.03. The second-order valence-corrected chi connectivity index (χ2v) is 6.06. The Hall–Kier alpha value is -2.61. The summed E-state index contributed by atoms with van der Waals surface area (Å²) in [5, 5.41) is 13.9. The summed E-state index contributed by atoms with van der Waals surface area (Å²) in [6.45, 7) is 0.445. The fourth-order valence-corrected chi connectivity index (χ4v) is 2.78. The molecule has 0 saturated heterocycles. The number of anilines is 1. The number of allylic oxidation sites excluding steroid dienone is 1. The minimum Gasteiger partial charge on any atom is -0.348 e. The molecule has 5 heteroatoms. The molecule has 2 rings (SSSR count). The zero-order chi connectivity index (χ0) is 17.2. The Bertz CT molecular complexity index is 623. The van der Waals surface area contributed by atoms with Crippen LogP contribution in [0, 0.1) is 17.2 Å². The van der Waals surface area contributed by atoms with Gasteiger partial charge in [0.1, 0.15) is 6.42 Å². The van der Waals surface area contributed by atoms with Crippen molar-refractivity contribution in [1.29, 1.82) is 5.26 Å². The first-order chi connectivity index (χ1) is 11.7. The third-order valence-electron chi connectivity index (χ3n) is 4.11. The van der Waals surface area contributed by atoms with Crippen molar-refractivity contribution in [2.24, 2.45) is 5.92 Å². The Labute approximate surface area is 142 Å². The molecule has 0 aromatic heterocycles. The average Bonchev–Trinajstić information content (AvgIpc) is 2.60. The van der Waals surface area contributed by atoms with Crippen molar-refractivity contribution < 1.29 is 9.59 Å². The zero-order valence-corrected chi connectivity index (χ0v) is 13.8. The van der Waals surface area contributed by atoms with E-state index in [2.05, 4.69) is 10.6 Å². The highest BCUT2D eigenvalue weighted by Crippen LogP contribution is 2.24. The highest BCUT2D eigenvalue weighted by Gasteiger charge is 2.10. The Balaban J connectivity index is 1.75. The molecule has 126 valence electrons. The van der Waals surface area contributed by atoms with Gasteiger partial charge in [0.25, 0.3) is 0 Å². The van der Waals surface area contributed by atoms with E-state index in [9.17, 15) is 9.59 Å². The van der Waals surface area contributed by atoms with E-state index in [1.165, 1.54) is 32.1 Å². The van der Waals surface area contributed by atoms with Crippen LogP contribution in [0.5, 0.6) is 0 Å². The SMILES string of the molecule is N#CCC(=O)Nc1ccc(CNC(=O)/C=C/C2CCCCC2)cc1. The van der Waals surface area contributed by atoms with Gasteiger partial charge in [-0.3, -0.25) is 9.59 Å². The summed E-state index contributed by atoms with van der Waals surface area (Å²) in [5.74, 6) is 0.138. The maximum atomic E-state index is 11.9. The van der Waals surface area contributed by atoms with Crippen LogP contribution in [0.25, 0.3) is 0 Å². The van der Waals surface area contributed by atoms with Crippen molar-refractivity contribution in [2.45, 2.75) is 45.1 Å². The Morgan fingerprint density at radius 1 is 1.17 bits per heavy atom. The molecule has 24 heavy (non-hydrogen) atoms. The third-order valence-corrected chi connectivity index (χ3v) is 4.11. The van der Waals surface area contributed by atoms with E-state index in [1.54, 1.807) is 24.3 Å². The maximum Gasteiger partial charge on any atom is 0.243 e. The molecule has 0 bridgehead atoms. The fourth-order valence-electron chi connectivity index (χ4n) is 2.78. The largest absolute Gasteiger partial charge is 0.348 e. The first kappa shape index (κ1) is 17.7. The molecule has 1 aromatic rings. The quantitative estimate of drug-likeness (QED) is 0.787. The molecule has 2 amide bonds. The normalized spacial score (nSPS) is 15.0. The zero-order valence-electron chi connectivity index (χ0n) is 13.8. The monoisotopic (exact) mass is 325 g/mol. The van der Waals surface area contributed by atoms with E-state index < -0.39 is 0 Å². The van der Waals surface area contributed by atoms with Crippen LogP contribution in [0.15, 0.2) is 36.4 Å². The van der Waals surface area contributed by atoms with Gasteiger partial charge < -0.3 is 10.6 Å². The van der Waals surface area contributed by atoms with Crippen LogP contribution in [0.2, 0.25) is 0 Å². The predicted molar refractivity (Wildman–Crippen MR) is 92.9 cm³/mol. The molecule has 1 aromatic carbocycles. The van der Waals surface area contributed by atoms with Crippen molar-refractivity contribution in [1.82, 2.24) is 5.32 Å². The number of amides is 2. The summed E-state index contributed by atoms with van der Waals surface area (Å²) in [7, 11) is 0. The molecule has 2 N–H and O–H groups in total. The van der Waals surface area contributed by atoms with E-state index >= 15 is 0 Å². The van der Waals surface area contributed by atoms with Gasteiger partial charge >= 0.3 is 0 Å². The van der Waals surface area contributed by atoms with Gasteiger partial charge in [-0.25, -0.2) is 0 Å². The van der Waals surface area contributed by atoms with Gasteiger partial charge in [0.15, 0.2) is 0 Å². The molecule has 0 radical (unpaired) electrons. The molecule has 0 aliphatic heterocycles. The lowest BCUT2D eigenvalue weighted by atomic mass is 9.89. The van der Waals surface area contributed by atoms with Gasteiger partial charge in [0.2, 0.25) is 11.8 Å². The number of nitrogens with one attached hydrogen (secondary N) is 2. The van der Waals surface area contributed by atoms with E-state index in [0.29, 0.717) is 18.2 Å². The molecule has 0 unspecified atom stereocenters. The number of nitrogens with zero attached hydrogens (tertiary/aromatic N) is 1. The molecule has 1 aliphatic rings. The molecular weight excluding hydrogens is 302 g/mol. The smallest absolute Gasteiger partial charge is 0.243 e. The summed E-state index contributed by atoms with van der Waals surface area (Å²) >= 11 is 0. The Morgan fingerprint density at radius 3 is 2.54 bits per heavy atom. The van der Waals surface area contributed by atoms with Crippen molar-refractivity contribution in [3.63, 3.8) is 0 Å². The first-order valence-electron chi connectivity index (χ1n) is 8.39. The van der Waals surface area contributed by atoms with Crippen LogP contribution in [-0.2, 0) is 16.1 Å². The van der Waals surface area contributed by atoms with Crippen LogP contribution in [0.4, 0.5) is 5.69 Å². The van der Waals surface area contributed by atoms with Crippen LogP contribution in [0.3, 0.4) is 0 Å². The minimum atomic E-state index is -0.327. The van der Waals surface area contributed by atoms with Gasteiger partial charge in [-0.1, -0.05) is 37.5 Å². The standard InChI is InChI=1S/C19H23N3O2/c20-13-12-19(24)22-17-9-6-16(7-10-17)14-21-18(23)11-8-15-4-2-1-3-5-15/h6-11,15H,1-5,12,14H2,(H,21,23)(H,22,24)/b11-8+. The third kappa shape index (κ3) is 6.25. The lowest BCUT2D eigenvalue weighted by Crippen LogP contribution is -2.20. The van der Waals surface area contributed by atoms with E-state index in [4.69, 9.17) is 5.26 Å². The number of benzene rings is 1. The molecular formula is C19H23N3O2. The van der Waals surface area contributed by atoms with Crippen molar-refractivity contribution in [3.05, 3.63) is 42.0 Å². The fraction of sp³-hybridized carbons (Fsp3) is 0.421. The highest BCUT2D eigenvalue weighted by atomic mass is 16.2. The van der Waals surface area contributed by atoms with Crippen LogP contribution in [-0.4, -0.2) is 11.8 Å². The van der Waals surface area contributed by atoms with E-state index in [0.717, 1.165) is 5.56 Å². The minimum absolute atomic E-state index is 0.0769. The lowest BCUT2D eigenvalue weighted by molar-refractivity contribution is -0.117. The van der Waals surface area contributed by atoms with Gasteiger partial charge in [0.05, 0.1) is 6.07 Å². The second kappa shape index (κ2) is 9.51. The molecule has 0 atom stereocenters. The number of rotatable bonds is 6. The summed E-state index contributed by atoms with van der Waals surface area (Å²) in [6.07, 6.45) is 9.71. The average molecular weight is 325 g/mol. The van der Waals surface area contributed by atoms with Crippen molar-refractivity contribution in [3.8, 4) is 6.07 Å². The number of nitriles is 1. The summed E-state index contributed by atoms with van der Waals surface area (Å²) in [6, 6.07) is 9.00. The van der Waals surface area contributed by atoms with Gasteiger partial charge in [-0.2, -0.15) is 5.26 Å². The highest BCUT2D eigenvalue weighted by molar-refractivity contribution is 5.92. The van der Waals surface area contributed by atoms with Gasteiger partial charge in [-0.05, 0) is 42.5 Å². The molecule has 5 nitrogen and oxygen atoms in total. The summed E-state index contributed by atoms with van der Waals surface area (Å²) in [4.78, 5) is 23.2. The van der Waals surface area contributed by atoms with E-state index in [1.807, 2.05) is 18.2 Å². The van der Waals surface area contributed by atoms with Crippen molar-refractivity contribution >= 4 is 17.5 Å². The van der Waals surface area contributed by atoms with Gasteiger partial charge in [0, 0.05) is 12.2 Å². The van der Waals surface area contributed by atoms with E-state index in [-0.39, 0.29) is 18.2 Å². The maximum absolute atomic E-state index is 11.9. The lowest BCUT2D eigenvalue weighted by Gasteiger charge is -2.17. The van der Waals surface area contributed by atoms with Crippen molar-refractivity contribution in [2.75, 3.05) is 5.32 Å². The number of hydrogen-bond acceptors (Lipinski definition) is 3. The molecule has 0 spiro atoms. The first-order valence-corrected chi connectivity index (χ1v) is 8.39. The van der Waals surface area contributed by atoms with Gasteiger partial charge in [-0.15, -0.1) is 0 Å². The molecule has 1 saturated carbocycles. The summed E-state index contributed by atoms with van der Waals surface area (Å²) < 4.78 is 0. The molecule has 1 aliphatic carbocycles. The Morgan fingerprint density at radius 2 is 1.88 bits per heavy atom. The van der Waals surface area contributed by atoms with Crippen LogP contribution in [0.1, 0.15) is 44.1 Å². The number of carbonyl (C=O) groups excluding carboxylic acids is 2. The topological polar surface area (TPSA) is 82.0 Å². The number of hydrogen-bond donors (Lipinski definition) is 2. The van der Waals surface area contributed by atoms with Crippen LogP contribution < -0.4 is 10.6 Å². The van der Waals surface area contributed by atoms with Crippen LogP contribution >= 0.6 is 0 Å². The molecule has 0 heterocycles. The predicted octanol–water partition coefficient (Wildman–Crippen LogP) is 3.29. The second-order valence-electron chi connectivity index (χ2n) is 6.06.